The zero-order valence-electron chi connectivity index (χ0n) is 8.51. The topological polar surface area (TPSA) is 30.2 Å². The third-order valence-corrected chi connectivity index (χ3v) is 2.66. The Kier molecular flexibility index (Phi) is 1.71. The van der Waals surface area contributed by atoms with Gasteiger partial charge in [0.15, 0.2) is 5.65 Å². The molecule has 0 amide bonds. The summed E-state index contributed by atoms with van der Waals surface area (Å²) < 4.78 is 2.12. The van der Waals surface area contributed by atoms with Gasteiger partial charge in [-0.25, -0.2) is 0 Å². The Balaban J connectivity index is 2.56. The molecule has 3 rings (SSSR count). The molecule has 0 saturated heterocycles. The zero-order valence-corrected chi connectivity index (χ0v) is 8.51. The number of aryl methyl sites for hydroxylation is 1. The van der Waals surface area contributed by atoms with Crippen LogP contribution >= 0.6 is 0 Å². The molecule has 2 heterocycles. The van der Waals surface area contributed by atoms with Gasteiger partial charge < -0.3 is 0 Å². The van der Waals surface area contributed by atoms with Crippen LogP contribution in [-0.2, 0) is 6.42 Å². The standard InChI is InChI=1S/C12H11N3/c1-2-11-13-14-12-8-7-9-5-3-4-6-10(9)15(11)12/h3-8H,2H2,1H3. The number of para-hydroxylation sites is 1. The van der Waals surface area contributed by atoms with Crippen molar-refractivity contribution in [2.45, 2.75) is 13.3 Å². The average Bonchev–Trinajstić information content (AvgIpc) is 2.72. The second-order valence-electron chi connectivity index (χ2n) is 3.56. The van der Waals surface area contributed by atoms with Gasteiger partial charge in [0, 0.05) is 6.42 Å². The number of hydrogen-bond acceptors (Lipinski definition) is 2. The van der Waals surface area contributed by atoms with Crippen LogP contribution in [-0.4, -0.2) is 14.6 Å². The Morgan fingerprint density at radius 2 is 1.93 bits per heavy atom. The molecule has 0 radical (unpaired) electrons. The first-order chi connectivity index (χ1) is 7.40. The molecular formula is C12H11N3. The fourth-order valence-electron chi connectivity index (χ4n) is 1.93. The number of aromatic nitrogens is 3. The Morgan fingerprint density at radius 1 is 1.07 bits per heavy atom. The van der Waals surface area contributed by atoms with Crippen LogP contribution < -0.4 is 0 Å². The van der Waals surface area contributed by atoms with Crippen molar-refractivity contribution in [2.75, 3.05) is 0 Å². The first-order valence-corrected chi connectivity index (χ1v) is 5.12. The average molecular weight is 197 g/mol. The molecule has 3 nitrogen and oxygen atoms in total. The van der Waals surface area contributed by atoms with E-state index in [9.17, 15) is 0 Å². The summed E-state index contributed by atoms with van der Waals surface area (Å²) in [5.41, 5.74) is 2.10. The SMILES string of the molecule is CCc1nnc2ccc3ccccc3n12. The summed E-state index contributed by atoms with van der Waals surface area (Å²) in [4.78, 5) is 0. The van der Waals surface area contributed by atoms with E-state index in [4.69, 9.17) is 0 Å². The molecule has 0 unspecified atom stereocenters. The number of hydrogen-bond donors (Lipinski definition) is 0. The highest BCUT2D eigenvalue weighted by Crippen LogP contribution is 2.17. The highest BCUT2D eigenvalue weighted by Gasteiger charge is 2.05. The van der Waals surface area contributed by atoms with Crippen molar-refractivity contribution in [1.29, 1.82) is 0 Å². The van der Waals surface area contributed by atoms with Gasteiger partial charge in [-0.1, -0.05) is 25.1 Å². The van der Waals surface area contributed by atoms with E-state index >= 15 is 0 Å². The fraction of sp³-hybridized carbons (Fsp3) is 0.167. The van der Waals surface area contributed by atoms with Crippen LogP contribution in [0, 0.1) is 0 Å². The summed E-state index contributed by atoms with van der Waals surface area (Å²) in [5.74, 6) is 1.02. The van der Waals surface area contributed by atoms with Gasteiger partial charge in [0.25, 0.3) is 0 Å². The lowest BCUT2D eigenvalue weighted by Crippen LogP contribution is -1.93. The van der Waals surface area contributed by atoms with E-state index in [1.807, 2.05) is 18.2 Å². The Morgan fingerprint density at radius 3 is 2.80 bits per heavy atom. The number of fused-ring (bicyclic) bond motifs is 3. The second kappa shape index (κ2) is 3.05. The van der Waals surface area contributed by atoms with Crippen molar-refractivity contribution in [1.82, 2.24) is 14.6 Å². The largest absolute Gasteiger partial charge is 0.279 e. The maximum Gasteiger partial charge on any atom is 0.161 e. The molecule has 0 fully saturated rings. The van der Waals surface area contributed by atoms with Gasteiger partial charge in [-0.2, -0.15) is 0 Å². The molecule has 3 heteroatoms. The summed E-state index contributed by atoms with van der Waals surface area (Å²) in [6, 6.07) is 12.4. The van der Waals surface area contributed by atoms with E-state index in [-0.39, 0.29) is 0 Å². The Labute approximate surface area is 87.4 Å². The van der Waals surface area contributed by atoms with E-state index in [1.165, 1.54) is 10.9 Å². The van der Waals surface area contributed by atoms with E-state index in [2.05, 4.69) is 39.7 Å². The zero-order chi connectivity index (χ0) is 10.3. The molecule has 0 bridgehead atoms. The minimum Gasteiger partial charge on any atom is -0.279 e. The smallest absolute Gasteiger partial charge is 0.161 e. The molecular weight excluding hydrogens is 186 g/mol. The molecule has 1 aromatic carbocycles. The first-order valence-electron chi connectivity index (χ1n) is 5.12. The van der Waals surface area contributed by atoms with Crippen molar-refractivity contribution in [3.05, 3.63) is 42.2 Å². The second-order valence-corrected chi connectivity index (χ2v) is 3.56. The molecule has 0 N–H and O–H groups in total. The third kappa shape index (κ3) is 1.13. The number of rotatable bonds is 1. The van der Waals surface area contributed by atoms with E-state index in [0.717, 1.165) is 17.9 Å². The van der Waals surface area contributed by atoms with Crippen LogP contribution in [0.2, 0.25) is 0 Å². The molecule has 0 aliphatic heterocycles. The highest BCUT2D eigenvalue weighted by atomic mass is 15.2. The minimum atomic E-state index is 0.898. The molecule has 0 aliphatic carbocycles. The summed E-state index contributed by atoms with van der Waals surface area (Å²) in [6.45, 7) is 2.10. The van der Waals surface area contributed by atoms with Crippen LogP contribution in [0.3, 0.4) is 0 Å². The fourth-order valence-corrected chi connectivity index (χ4v) is 1.93. The lowest BCUT2D eigenvalue weighted by molar-refractivity contribution is 0.922. The van der Waals surface area contributed by atoms with Crippen LogP contribution in [0.1, 0.15) is 12.7 Å². The van der Waals surface area contributed by atoms with Gasteiger partial charge in [-0.3, -0.25) is 4.40 Å². The molecule has 2 aromatic heterocycles. The predicted octanol–water partition coefficient (Wildman–Crippen LogP) is 2.44. The molecule has 0 aliphatic rings. The van der Waals surface area contributed by atoms with Crippen molar-refractivity contribution in [3.63, 3.8) is 0 Å². The maximum absolute atomic E-state index is 4.18. The molecule has 0 spiro atoms. The van der Waals surface area contributed by atoms with Crippen molar-refractivity contribution >= 4 is 16.6 Å². The molecule has 0 saturated carbocycles. The summed E-state index contributed by atoms with van der Waals surface area (Å²) in [7, 11) is 0. The minimum absolute atomic E-state index is 0.898. The van der Waals surface area contributed by atoms with Crippen molar-refractivity contribution in [2.24, 2.45) is 0 Å². The Bertz CT molecular complexity index is 625. The van der Waals surface area contributed by atoms with Crippen molar-refractivity contribution in [3.8, 4) is 0 Å². The van der Waals surface area contributed by atoms with E-state index in [1.54, 1.807) is 0 Å². The van der Waals surface area contributed by atoms with Crippen LogP contribution in [0.15, 0.2) is 36.4 Å². The van der Waals surface area contributed by atoms with Crippen molar-refractivity contribution < 1.29 is 0 Å². The lowest BCUT2D eigenvalue weighted by Gasteiger charge is -2.02. The quantitative estimate of drug-likeness (QED) is 0.599. The van der Waals surface area contributed by atoms with Crippen LogP contribution in [0.25, 0.3) is 16.6 Å². The first kappa shape index (κ1) is 8.41. The number of pyridine rings is 1. The highest BCUT2D eigenvalue weighted by molar-refractivity contribution is 5.81. The molecule has 3 aromatic rings. The van der Waals surface area contributed by atoms with Gasteiger partial charge in [0.1, 0.15) is 5.82 Å². The monoisotopic (exact) mass is 197 g/mol. The van der Waals surface area contributed by atoms with Crippen LogP contribution in [0.4, 0.5) is 0 Å². The predicted molar refractivity (Wildman–Crippen MR) is 59.9 cm³/mol. The molecule has 0 atom stereocenters. The van der Waals surface area contributed by atoms with E-state index < -0.39 is 0 Å². The normalized spacial score (nSPS) is 11.3. The lowest BCUT2D eigenvalue weighted by atomic mass is 10.2. The molecule has 74 valence electrons. The summed E-state index contributed by atoms with van der Waals surface area (Å²) in [6.07, 6.45) is 0.898. The van der Waals surface area contributed by atoms with E-state index in [0.29, 0.717) is 0 Å². The number of benzene rings is 1. The van der Waals surface area contributed by atoms with Gasteiger partial charge in [-0.15, -0.1) is 10.2 Å². The van der Waals surface area contributed by atoms with Gasteiger partial charge in [0.05, 0.1) is 5.52 Å². The molecule has 15 heavy (non-hydrogen) atoms. The Hall–Kier alpha value is -1.90. The van der Waals surface area contributed by atoms with Gasteiger partial charge in [-0.05, 0) is 23.6 Å². The summed E-state index contributed by atoms with van der Waals surface area (Å²) >= 11 is 0. The number of nitrogens with zero attached hydrogens (tertiary/aromatic N) is 3. The van der Waals surface area contributed by atoms with Gasteiger partial charge >= 0.3 is 0 Å². The maximum atomic E-state index is 4.18. The summed E-state index contributed by atoms with van der Waals surface area (Å²) in [5, 5.41) is 9.55. The third-order valence-electron chi connectivity index (χ3n) is 2.66. The van der Waals surface area contributed by atoms with Gasteiger partial charge in [0.2, 0.25) is 0 Å². The van der Waals surface area contributed by atoms with Crippen LogP contribution in [0.5, 0.6) is 0 Å².